The van der Waals surface area contributed by atoms with E-state index in [1.165, 1.54) is 6.07 Å². The van der Waals surface area contributed by atoms with Crippen molar-refractivity contribution in [2.75, 3.05) is 0 Å². The minimum Gasteiger partial charge on any atom is -0.391 e. The lowest BCUT2D eigenvalue weighted by Crippen LogP contribution is -2.45. The second-order valence-corrected chi connectivity index (χ2v) is 7.80. The van der Waals surface area contributed by atoms with E-state index in [1.54, 1.807) is 30.5 Å². The van der Waals surface area contributed by atoms with E-state index >= 15 is 0 Å². The van der Waals surface area contributed by atoms with Crippen LogP contribution in [0.25, 0.3) is 10.9 Å². The van der Waals surface area contributed by atoms with Gasteiger partial charge in [-0.3, -0.25) is 4.79 Å². The van der Waals surface area contributed by atoms with Gasteiger partial charge in [0.25, 0.3) is 5.91 Å². The Morgan fingerprint density at radius 2 is 1.93 bits per heavy atom. The maximum atomic E-state index is 14.6. The molecule has 0 spiro atoms. The molecule has 1 aliphatic rings. The van der Waals surface area contributed by atoms with Gasteiger partial charge >= 0.3 is 0 Å². The van der Waals surface area contributed by atoms with Gasteiger partial charge in [-0.1, -0.05) is 42.6 Å². The zero-order valence-electron chi connectivity index (χ0n) is 15.4. The molecule has 0 saturated heterocycles. The van der Waals surface area contributed by atoms with Crippen LogP contribution in [-0.2, 0) is 6.54 Å². The van der Waals surface area contributed by atoms with E-state index in [0.717, 1.165) is 24.8 Å². The van der Waals surface area contributed by atoms with Crippen molar-refractivity contribution in [3.8, 4) is 0 Å². The van der Waals surface area contributed by atoms with Crippen LogP contribution < -0.4 is 5.32 Å². The highest BCUT2D eigenvalue weighted by molar-refractivity contribution is 6.30. The first-order chi connectivity index (χ1) is 13.5. The van der Waals surface area contributed by atoms with Crippen LogP contribution in [0.15, 0.2) is 48.7 Å². The average molecular weight is 401 g/mol. The van der Waals surface area contributed by atoms with Crippen LogP contribution in [0.1, 0.15) is 41.6 Å². The molecule has 1 heterocycles. The third-order valence-corrected chi connectivity index (χ3v) is 5.66. The number of amides is 1. The van der Waals surface area contributed by atoms with E-state index < -0.39 is 11.9 Å². The zero-order valence-corrected chi connectivity index (χ0v) is 16.1. The molecule has 1 aliphatic carbocycles. The molecule has 4 rings (SSSR count). The number of halogens is 2. The van der Waals surface area contributed by atoms with Crippen LogP contribution >= 0.6 is 11.6 Å². The van der Waals surface area contributed by atoms with Crippen molar-refractivity contribution in [2.45, 2.75) is 44.4 Å². The summed E-state index contributed by atoms with van der Waals surface area (Å²) in [7, 11) is 0. The highest BCUT2D eigenvalue weighted by atomic mass is 35.5. The summed E-state index contributed by atoms with van der Waals surface area (Å²) in [6, 6.07) is 12.0. The van der Waals surface area contributed by atoms with E-state index in [4.69, 9.17) is 11.6 Å². The van der Waals surface area contributed by atoms with Crippen LogP contribution in [0, 0.1) is 5.82 Å². The normalized spacial score (nSPS) is 19.7. The van der Waals surface area contributed by atoms with E-state index in [-0.39, 0.29) is 11.9 Å². The smallest absolute Gasteiger partial charge is 0.253 e. The summed E-state index contributed by atoms with van der Waals surface area (Å²) in [4.78, 5) is 12.9. The summed E-state index contributed by atoms with van der Waals surface area (Å²) in [5, 5.41) is 14.0. The maximum Gasteiger partial charge on any atom is 0.253 e. The molecule has 28 heavy (non-hydrogen) atoms. The number of nitrogens with zero attached hydrogens (tertiary/aromatic N) is 1. The van der Waals surface area contributed by atoms with Gasteiger partial charge in [-0.25, -0.2) is 4.39 Å². The number of aliphatic hydroxyl groups is 1. The number of hydrogen-bond acceptors (Lipinski definition) is 2. The van der Waals surface area contributed by atoms with Crippen LogP contribution in [0.5, 0.6) is 0 Å². The number of hydrogen-bond donors (Lipinski definition) is 2. The number of benzene rings is 2. The Bertz CT molecular complexity index is 1000. The van der Waals surface area contributed by atoms with Gasteiger partial charge in [-0.15, -0.1) is 0 Å². The molecular formula is C22H22ClFN2O2. The first-order valence-corrected chi connectivity index (χ1v) is 9.91. The molecular weight excluding hydrogens is 379 g/mol. The van der Waals surface area contributed by atoms with E-state index in [9.17, 15) is 14.3 Å². The van der Waals surface area contributed by atoms with Crippen molar-refractivity contribution in [2.24, 2.45) is 0 Å². The maximum absolute atomic E-state index is 14.6. The van der Waals surface area contributed by atoms with Crippen molar-refractivity contribution >= 4 is 28.4 Å². The lowest BCUT2D eigenvalue weighted by Gasteiger charge is -2.28. The summed E-state index contributed by atoms with van der Waals surface area (Å²) in [6.45, 7) is 0.496. The monoisotopic (exact) mass is 400 g/mol. The predicted molar refractivity (Wildman–Crippen MR) is 108 cm³/mol. The number of fused-ring (bicyclic) bond motifs is 1. The largest absolute Gasteiger partial charge is 0.391 e. The molecule has 2 aromatic carbocycles. The predicted octanol–water partition coefficient (Wildman–Crippen LogP) is 4.52. The second-order valence-electron chi connectivity index (χ2n) is 7.36. The second kappa shape index (κ2) is 7.94. The van der Waals surface area contributed by atoms with Crippen LogP contribution in [0.2, 0.25) is 5.02 Å². The van der Waals surface area contributed by atoms with Crippen LogP contribution in [0.4, 0.5) is 4.39 Å². The lowest BCUT2D eigenvalue weighted by molar-refractivity contribution is 0.0718. The number of carbonyl (C=O) groups excluding carboxylic acids is 1. The average Bonchev–Trinajstić information content (AvgIpc) is 3.05. The van der Waals surface area contributed by atoms with Gasteiger partial charge in [-0.05, 0) is 42.7 Å². The minimum absolute atomic E-state index is 0.289. The third-order valence-electron chi connectivity index (χ3n) is 5.41. The molecule has 0 radical (unpaired) electrons. The minimum atomic E-state index is -0.551. The SMILES string of the molecule is O=C(N[C@H]1CCCC[C@@H]1O)c1cn(Cc2ccc(Cl)cc2)c2cccc(F)c12. The van der Waals surface area contributed by atoms with Crippen molar-refractivity contribution in [1.29, 1.82) is 0 Å². The fourth-order valence-corrected chi connectivity index (χ4v) is 4.05. The summed E-state index contributed by atoms with van der Waals surface area (Å²) < 4.78 is 16.5. The van der Waals surface area contributed by atoms with E-state index in [0.29, 0.717) is 34.5 Å². The zero-order chi connectivity index (χ0) is 19.7. The number of carbonyl (C=O) groups is 1. The van der Waals surface area contributed by atoms with Gasteiger partial charge < -0.3 is 15.0 Å². The fraction of sp³-hybridized carbons (Fsp3) is 0.318. The number of rotatable bonds is 4. The number of aliphatic hydroxyl groups excluding tert-OH is 1. The molecule has 3 aromatic rings. The Morgan fingerprint density at radius 3 is 2.68 bits per heavy atom. The molecule has 0 bridgehead atoms. The topological polar surface area (TPSA) is 54.3 Å². The molecule has 0 unspecified atom stereocenters. The van der Waals surface area contributed by atoms with Gasteiger partial charge in [0.15, 0.2) is 0 Å². The molecule has 2 N–H and O–H groups in total. The molecule has 1 amide bonds. The Morgan fingerprint density at radius 1 is 1.18 bits per heavy atom. The molecule has 4 nitrogen and oxygen atoms in total. The number of aromatic nitrogens is 1. The molecule has 146 valence electrons. The van der Waals surface area contributed by atoms with Crippen molar-refractivity contribution in [3.05, 3.63) is 70.6 Å². The van der Waals surface area contributed by atoms with E-state index in [2.05, 4.69) is 5.32 Å². The first-order valence-electron chi connectivity index (χ1n) is 9.53. The third kappa shape index (κ3) is 3.77. The standard InChI is InChI=1S/C22H22ClFN2O2/c23-15-10-8-14(9-11-15)12-26-13-16(21-17(24)4-3-6-19(21)26)22(28)25-18-5-1-2-7-20(18)27/h3-4,6,8-11,13,18,20,27H,1-2,5,7,12H2,(H,25,28)/t18-,20-/m0/s1. The summed E-state index contributed by atoms with van der Waals surface area (Å²) in [6.07, 6.45) is 4.48. The van der Waals surface area contributed by atoms with Gasteiger partial charge in [-0.2, -0.15) is 0 Å². The molecule has 1 saturated carbocycles. The summed E-state index contributed by atoms with van der Waals surface area (Å²) in [5.41, 5.74) is 1.95. The summed E-state index contributed by atoms with van der Waals surface area (Å²) in [5.74, 6) is -0.780. The van der Waals surface area contributed by atoms with Crippen molar-refractivity contribution < 1.29 is 14.3 Å². The summed E-state index contributed by atoms with van der Waals surface area (Å²) >= 11 is 5.95. The van der Waals surface area contributed by atoms with Crippen LogP contribution in [0.3, 0.4) is 0 Å². The molecule has 0 aliphatic heterocycles. The molecule has 1 aromatic heterocycles. The first kappa shape index (κ1) is 19.0. The van der Waals surface area contributed by atoms with Gasteiger partial charge in [0.05, 0.1) is 23.2 Å². The highest BCUT2D eigenvalue weighted by Crippen LogP contribution is 2.27. The molecule has 6 heteroatoms. The Labute approximate surface area is 167 Å². The van der Waals surface area contributed by atoms with Gasteiger partial charge in [0.2, 0.25) is 0 Å². The van der Waals surface area contributed by atoms with Crippen molar-refractivity contribution in [3.63, 3.8) is 0 Å². The Balaban J connectivity index is 1.68. The fourth-order valence-electron chi connectivity index (χ4n) is 3.92. The Kier molecular flexibility index (Phi) is 5.38. The highest BCUT2D eigenvalue weighted by Gasteiger charge is 2.27. The van der Waals surface area contributed by atoms with E-state index in [1.807, 2.05) is 16.7 Å². The van der Waals surface area contributed by atoms with Gasteiger partial charge in [0, 0.05) is 23.2 Å². The van der Waals surface area contributed by atoms with Gasteiger partial charge in [0.1, 0.15) is 5.82 Å². The number of nitrogens with one attached hydrogen (secondary N) is 1. The molecule has 1 fully saturated rings. The lowest BCUT2D eigenvalue weighted by atomic mass is 9.92. The van der Waals surface area contributed by atoms with Crippen LogP contribution in [-0.4, -0.2) is 27.7 Å². The Hall–Kier alpha value is -2.37. The molecule has 2 atom stereocenters. The van der Waals surface area contributed by atoms with Crippen molar-refractivity contribution in [1.82, 2.24) is 9.88 Å². The quantitative estimate of drug-likeness (QED) is 0.676.